The average Bonchev–Trinajstić information content (AvgIpc) is 3.53. The van der Waals surface area contributed by atoms with Gasteiger partial charge in [-0.3, -0.25) is 4.68 Å². The third-order valence-electron chi connectivity index (χ3n) is 7.24. The van der Waals surface area contributed by atoms with Gasteiger partial charge in [-0.1, -0.05) is 0 Å². The van der Waals surface area contributed by atoms with E-state index in [0.29, 0.717) is 32.0 Å². The van der Waals surface area contributed by atoms with Crippen LogP contribution < -0.4 is 10.2 Å². The molecule has 0 unspecified atom stereocenters. The number of carbonyl (C=O) groups is 1. The predicted octanol–water partition coefficient (Wildman–Crippen LogP) is 4.66. The van der Waals surface area contributed by atoms with Crippen molar-refractivity contribution in [3.63, 3.8) is 0 Å². The molecule has 8 nitrogen and oxygen atoms in total. The van der Waals surface area contributed by atoms with E-state index in [1.54, 1.807) is 17.9 Å². The van der Waals surface area contributed by atoms with Crippen LogP contribution in [0.15, 0.2) is 30.5 Å². The van der Waals surface area contributed by atoms with Crippen LogP contribution in [0.1, 0.15) is 36.0 Å². The molecule has 1 N–H and O–H groups in total. The van der Waals surface area contributed by atoms with Gasteiger partial charge in [0.1, 0.15) is 11.5 Å². The first-order valence-corrected chi connectivity index (χ1v) is 12.2. The van der Waals surface area contributed by atoms with Crippen LogP contribution >= 0.6 is 0 Å². The molecular formula is C25H27F4N7O. The number of carbonyl (C=O) groups excluding carboxylic acids is 1. The fourth-order valence-electron chi connectivity index (χ4n) is 5.23. The van der Waals surface area contributed by atoms with Gasteiger partial charge in [0.25, 0.3) is 0 Å². The monoisotopic (exact) mass is 517 g/mol. The number of nitrogens with one attached hydrogen (secondary N) is 1. The lowest BCUT2D eigenvalue weighted by atomic mass is 10.0. The summed E-state index contributed by atoms with van der Waals surface area (Å²) in [6.45, 7) is 1.28. The summed E-state index contributed by atoms with van der Waals surface area (Å²) < 4.78 is 55.1. The second kappa shape index (κ2) is 9.64. The standard InChI is InChI=1S/C25H27F4N7O/c1-34(24(37)31-20-7-6-15(26)14-19(20)25(27,28)29)16-9-12-36(13-10-16)23-18-5-3-4-17(18)22(32-33-23)21-8-11-30-35(21)2/h6-8,11,14,16H,3-5,9-10,12-13H2,1-2H3,(H,31,37). The minimum absolute atomic E-state index is 0.166. The highest BCUT2D eigenvalue weighted by Crippen LogP contribution is 2.37. The van der Waals surface area contributed by atoms with Crippen molar-refractivity contribution in [1.82, 2.24) is 24.9 Å². The number of aryl methyl sites for hydroxylation is 1. The highest BCUT2D eigenvalue weighted by atomic mass is 19.4. The van der Waals surface area contributed by atoms with Gasteiger partial charge in [0.05, 0.1) is 16.9 Å². The Morgan fingerprint density at radius 3 is 2.51 bits per heavy atom. The Morgan fingerprint density at radius 1 is 1.11 bits per heavy atom. The van der Waals surface area contributed by atoms with E-state index in [0.717, 1.165) is 48.6 Å². The summed E-state index contributed by atoms with van der Waals surface area (Å²) in [5.74, 6) is -0.154. The molecule has 1 fully saturated rings. The van der Waals surface area contributed by atoms with Gasteiger partial charge >= 0.3 is 12.2 Å². The molecule has 2 aliphatic rings. The first kappa shape index (κ1) is 25.0. The number of fused-ring (bicyclic) bond motifs is 1. The summed E-state index contributed by atoms with van der Waals surface area (Å²) in [6, 6.07) is 3.30. The number of benzene rings is 1. The first-order chi connectivity index (χ1) is 17.6. The summed E-state index contributed by atoms with van der Waals surface area (Å²) in [5.41, 5.74) is 2.51. The second-order valence-electron chi connectivity index (χ2n) is 9.47. The van der Waals surface area contributed by atoms with Crippen LogP contribution in [0.5, 0.6) is 0 Å². The maximum atomic E-state index is 13.4. The Bertz CT molecular complexity index is 1310. The Hall–Kier alpha value is -3.70. The molecule has 2 amide bonds. The largest absolute Gasteiger partial charge is 0.418 e. The van der Waals surface area contributed by atoms with Crippen molar-refractivity contribution in [2.45, 2.75) is 44.3 Å². The topological polar surface area (TPSA) is 79.2 Å². The van der Waals surface area contributed by atoms with Crippen LogP contribution in [0.4, 0.5) is 33.9 Å². The van der Waals surface area contributed by atoms with E-state index in [4.69, 9.17) is 0 Å². The quantitative estimate of drug-likeness (QED) is 0.510. The number of alkyl halides is 3. The molecule has 0 bridgehead atoms. The van der Waals surface area contributed by atoms with Gasteiger partial charge in [-0.25, -0.2) is 9.18 Å². The summed E-state index contributed by atoms with van der Waals surface area (Å²) in [4.78, 5) is 16.4. The number of amides is 2. The zero-order valence-electron chi connectivity index (χ0n) is 20.5. The molecule has 0 radical (unpaired) electrons. The number of piperidine rings is 1. The molecule has 5 rings (SSSR count). The van der Waals surface area contributed by atoms with Crippen molar-refractivity contribution in [1.29, 1.82) is 0 Å². The minimum atomic E-state index is -4.79. The van der Waals surface area contributed by atoms with Crippen LogP contribution in [-0.4, -0.2) is 57.1 Å². The lowest BCUT2D eigenvalue weighted by molar-refractivity contribution is -0.137. The predicted molar refractivity (Wildman–Crippen MR) is 130 cm³/mol. The number of urea groups is 1. The number of anilines is 2. The molecule has 1 aliphatic carbocycles. The molecule has 196 valence electrons. The van der Waals surface area contributed by atoms with E-state index in [9.17, 15) is 22.4 Å². The number of aromatic nitrogens is 4. The van der Waals surface area contributed by atoms with Gasteiger partial charge in [0, 0.05) is 45.0 Å². The fraction of sp³-hybridized carbons (Fsp3) is 0.440. The zero-order chi connectivity index (χ0) is 26.3. The number of halogens is 4. The second-order valence-corrected chi connectivity index (χ2v) is 9.47. The molecule has 3 heterocycles. The van der Waals surface area contributed by atoms with Gasteiger partial charge in [-0.05, 0) is 61.9 Å². The maximum absolute atomic E-state index is 13.4. The Morgan fingerprint density at radius 2 is 1.84 bits per heavy atom. The minimum Gasteiger partial charge on any atom is -0.355 e. The van der Waals surface area contributed by atoms with E-state index >= 15 is 0 Å². The van der Waals surface area contributed by atoms with Crippen molar-refractivity contribution < 1.29 is 22.4 Å². The molecule has 0 atom stereocenters. The summed E-state index contributed by atoms with van der Waals surface area (Å²) in [7, 11) is 3.44. The highest BCUT2D eigenvalue weighted by molar-refractivity contribution is 5.90. The molecule has 0 saturated carbocycles. The maximum Gasteiger partial charge on any atom is 0.418 e. The van der Waals surface area contributed by atoms with Crippen LogP contribution in [-0.2, 0) is 26.1 Å². The smallest absolute Gasteiger partial charge is 0.355 e. The van der Waals surface area contributed by atoms with E-state index < -0.39 is 29.3 Å². The molecule has 2 aromatic heterocycles. The van der Waals surface area contributed by atoms with Crippen LogP contribution in [0.2, 0.25) is 0 Å². The highest BCUT2D eigenvalue weighted by Gasteiger charge is 2.35. The van der Waals surface area contributed by atoms with Crippen molar-refractivity contribution in [3.8, 4) is 11.4 Å². The van der Waals surface area contributed by atoms with Gasteiger partial charge in [-0.15, -0.1) is 10.2 Å². The molecule has 1 aliphatic heterocycles. The van der Waals surface area contributed by atoms with Crippen LogP contribution in [0.25, 0.3) is 11.4 Å². The Labute approximate surface area is 211 Å². The number of hydrogen-bond acceptors (Lipinski definition) is 5. The molecule has 37 heavy (non-hydrogen) atoms. The summed E-state index contributed by atoms with van der Waals surface area (Å²) >= 11 is 0. The average molecular weight is 518 g/mol. The van der Waals surface area contributed by atoms with Gasteiger partial charge in [-0.2, -0.15) is 18.3 Å². The van der Waals surface area contributed by atoms with Crippen molar-refractivity contribution in [3.05, 3.63) is 53.0 Å². The molecule has 12 heteroatoms. The van der Waals surface area contributed by atoms with Crippen molar-refractivity contribution in [2.24, 2.45) is 7.05 Å². The third-order valence-corrected chi connectivity index (χ3v) is 7.24. The third kappa shape index (κ3) is 4.84. The normalized spacial score (nSPS) is 16.1. The van der Waals surface area contributed by atoms with Crippen molar-refractivity contribution >= 4 is 17.5 Å². The number of nitrogens with zero attached hydrogens (tertiary/aromatic N) is 6. The Kier molecular flexibility index (Phi) is 6.50. The molecule has 1 aromatic carbocycles. The molecule has 0 spiro atoms. The first-order valence-electron chi connectivity index (χ1n) is 12.2. The molecule has 1 saturated heterocycles. The van der Waals surface area contributed by atoms with E-state index in [1.807, 2.05) is 13.1 Å². The van der Waals surface area contributed by atoms with Gasteiger partial charge < -0.3 is 15.1 Å². The van der Waals surface area contributed by atoms with E-state index in [-0.39, 0.29) is 6.04 Å². The zero-order valence-corrected chi connectivity index (χ0v) is 20.5. The number of hydrogen-bond donors (Lipinski definition) is 1. The summed E-state index contributed by atoms with van der Waals surface area (Å²) in [6.07, 6.45) is 1.08. The van der Waals surface area contributed by atoms with Crippen LogP contribution in [0, 0.1) is 5.82 Å². The van der Waals surface area contributed by atoms with Gasteiger partial charge in [0.15, 0.2) is 5.82 Å². The lowest BCUT2D eigenvalue weighted by Crippen LogP contribution is -2.47. The van der Waals surface area contributed by atoms with E-state index in [1.165, 1.54) is 16.0 Å². The van der Waals surface area contributed by atoms with Crippen molar-refractivity contribution in [2.75, 3.05) is 30.4 Å². The van der Waals surface area contributed by atoms with E-state index in [2.05, 4.69) is 25.5 Å². The number of rotatable bonds is 4. The lowest BCUT2D eigenvalue weighted by Gasteiger charge is -2.37. The van der Waals surface area contributed by atoms with Gasteiger partial charge in [0.2, 0.25) is 0 Å². The SMILES string of the molecule is CN(C(=O)Nc1ccc(F)cc1C(F)(F)F)C1CCN(c2nnc(-c3ccnn3C)c3c2CCC3)CC1. The fourth-order valence-corrected chi connectivity index (χ4v) is 5.23. The molecular weight excluding hydrogens is 490 g/mol. The summed E-state index contributed by atoms with van der Waals surface area (Å²) in [5, 5.41) is 15.7. The Balaban J connectivity index is 1.26. The van der Waals surface area contributed by atoms with Crippen LogP contribution in [0.3, 0.4) is 0 Å². The molecule has 3 aromatic rings.